The molecule has 0 unspecified atom stereocenters. The third-order valence-corrected chi connectivity index (χ3v) is 5.05. The number of nitrogens with one attached hydrogen (secondary N) is 2. The number of benzene rings is 3. The number of rotatable bonds is 11. The highest BCUT2D eigenvalue weighted by Crippen LogP contribution is 2.28. The van der Waals surface area contributed by atoms with Crippen LogP contribution in [0.5, 0.6) is 11.5 Å². The van der Waals surface area contributed by atoms with Gasteiger partial charge in [-0.15, -0.1) is 0 Å². The molecule has 0 aliphatic heterocycles. The molecule has 0 spiro atoms. The zero-order valence-corrected chi connectivity index (χ0v) is 20.1. The Morgan fingerprint density at radius 1 is 1.00 bits per heavy atom. The number of nitrogens with zero attached hydrogens (tertiary/aromatic N) is 1. The number of hydrogen-bond donors (Lipinski definition) is 2. The van der Waals surface area contributed by atoms with Crippen LogP contribution in [0.15, 0.2) is 77.9 Å². The Morgan fingerprint density at radius 2 is 1.75 bits per heavy atom. The van der Waals surface area contributed by atoms with Crippen molar-refractivity contribution < 1.29 is 28.2 Å². The SMILES string of the molecule is CCOC(=O)N[C@H](Cc1ccccc1)C(=O)N/N=C\c1ccc(OCc2ccc(F)cc2)c(OC)c1. The first kappa shape index (κ1) is 26.2. The molecule has 0 aliphatic carbocycles. The van der Waals surface area contributed by atoms with Gasteiger partial charge in [-0.05, 0) is 53.9 Å². The third kappa shape index (κ3) is 8.12. The second-order valence-electron chi connectivity index (χ2n) is 7.67. The molecule has 188 valence electrons. The summed E-state index contributed by atoms with van der Waals surface area (Å²) in [4.78, 5) is 24.6. The van der Waals surface area contributed by atoms with Gasteiger partial charge in [0.2, 0.25) is 0 Å². The summed E-state index contributed by atoms with van der Waals surface area (Å²) in [5.41, 5.74) is 4.80. The van der Waals surface area contributed by atoms with E-state index in [1.807, 2.05) is 30.3 Å². The van der Waals surface area contributed by atoms with Crippen LogP contribution in [-0.2, 0) is 22.6 Å². The number of alkyl carbamates (subject to hydrolysis) is 1. The molecule has 0 saturated heterocycles. The van der Waals surface area contributed by atoms with Crippen molar-refractivity contribution in [3.63, 3.8) is 0 Å². The van der Waals surface area contributed by atoms with Crippen LogP contribution in [0.4, 0.5) is 9.18 Å². The Labute approximate surface area is 209 Å². The molecule has 0 heterocycles. The zero-order valence-electron chi connectivity index (χ0n) is 20.1. The number of hydrogen-bond acceptors (Lipinski definition) is 6. The minimum Gasteiger partial charge on any atom is -0.493 e. The third-order valence-electron chi connectivity index (χ3n) is 5.05. The van der Waals surface area contributed by atoms with Gasteiger partial charge >= 0.3 is 6.09 Å². The molecule has 3 rings (SSSR count). The number of methoxy groups -OCH3 is 1. The largest absolute Gasteiger partial charge is 0.493 e. The summed E-state index contributed by atoms with van der Waals surface area (Å²) in [5.74, 6) is 0.174. The van der Waals surface area contributed by atoms with Gasteiger partial charge in [-0.25, -0.2) is 14.6 Å². The number of carbonyl (C=O) groups excluding carboxylic acids is 2. The van der Waals surface area contributed by atoms with E-state index >= 15 is 0 Å². The van der Waals surface area contributed by atoms with E-state index in [2.05, 4.69) is 15.8 Å². The Bertz CT molecular complexity index is 1170. The Kier molecular flexibility index (Phi) is 9.81. The van der Waals surface area contributed by atoms with E-state index in [1.54, 1.807) is 37.3 Å². The van der Waals surface area contributed by atoms with Gasteiger partial charge in [-0.1, -0.05) is 42.5 Å². The Morgan fingerprint density at radius 3 is 2.44 bits per heavy atom. The summed E-state index contributed by atoms with van der Waals surface area (Å²) in [5, 5.41) is 6.58. The second kappa shape index (κ2) is 13.5. The molecule has 0 aromatic heterocycles. The topological polar surface area (TPSA) is 98.2 Å². The van der Waals surface area contributed by atoms with E-state index in [-0.39, 0.29) is 25.5 Å². The lowest BCUT2D eigenvalue weighted by atomic mass is 10.1. The van der Waals surface area contributed by atoms with Crippen LogP contribution in [0.25, 0.3) is 0 Å². The minimum atomic E-state index is -0.875. The van der Waals surface area contributed by atoms with Gasteiger partial charge in [0.1, 0.15) is 18.5 Å². The number of amides is 2. The molecule has 0 fully saturated rings. The highest BCUT2D eigenvalue weighted by atomic mass is 19.1. The highest BCUT2D eigenvalue weighted by molar-refractivity contribution is 5.87. The quantitative estimate of drug-likeness (QED) is 0.308. The summed E-state index contributed by atoms with van der Waals surface area (Å²) in [7, 11) is 1.51. The van der Waals surface area contributed by atoms with Gasteiger partial charge in [0.25, 0.3) is 5.91 Å². The second-order valence-corrected chi connectivity index (χ2v) is 7.67. The fourth-order valence-electron chi connectivity index (χ4n) is 3.25. The van der Waals surface area contributed by atoms with Crippen molar-refractivity contribution in [3.8, 4) is 11.5 Å². The summed E-state index contributed by atoms with van der Waals surface area (Å²) >= 11 is 0. The van der Waals surface area contributed by atoms with Crippen LogP contribution in [0.2, 0.25) is 0 Å². The van der Waals surface area contributed by atoms with Crippen LogP contribution in [0.3, 0.4) is 0 Å². The van der Waals surface area contributed by atoms with E-state index in [4.69, 9.17) is 14.2 Å². The van der Waals surface area contributed by atoms with Gasteiger partial charge in [-0.2, -0.15) is 5.10 Å². The molecular weight excluding hydrogens is 465 g/mol. The number of hydrazone groups is 1. The maximum absolute atomic E-state index is 13.1. The molecule has 9 heteroatoms. The first-order chi connectivity index (χ1) is 17.5. The molecule has 0 bridgehead atoms. The molecule has 1 atom stereocenters. The monoisotopic (exact) mass is 493 g/mol. The fraction of sp³-hybridized carbons (Fsp3) is 0.222. The molecule has 3 aromatic rings. The van der Waals surface area contributed by atoms with Crippen molar-refractivity contribution in [1.82, 2.24) is 10.7 Å². The number of ether oxygens (including phenoxy) is 3. The van der Waals surface area contributed by atoms with E-state index in [1.165, 1.54) is 25.5 Å². The lowest BCUT2D eigenvalue weighted by molar-refractivity contribution is -0.123. The molecule has 0 aliphatic rings. The molecule has 0 radical (unpaired) electrons. The van der Waals surface area contributed by atoms with Gasteiger partial charge in [-0.3, -0.25) is 4.79 Å². The molecule has 8 nitrogen and oxygen atoms in total. The Hall–Kier alpha value is -4.40. The fourth-order valence-corrected chi connectivity index (χ4v) is 3.25. The van der Waals surface area contributed by atoms with Gasteiger partial charge in [0.15, 0.2) is 11.5 Å². The number of halogens is 1. The number of carbonyl (C=O) groups is 2. The van der Waals surface area contributed by atoms with Crippen LogP contribution < -0.4 is 20.2 Å². The first-order valence-electron chi connectivity index (χ1n) is 11.3. The predicted molar refractivity (Wildman–Crippen MR) is 134 cm³/mol. The van der Waals surface area contributed by atoms with Crippen LogP contribution in [0, 0.1) is 5.82 Å². The van der Waals surface area contributed by atoms with Crippen LogP contribution >= 0.6 is 0 Å². The summed E-state index contributed by atoms with van der Waals surface area (Å²) in [6.45, 7) is 2.12. The van der Waals surface area contributed by atoms with Crippen molar-refractivity contribution in [2.24, 2.45) is 5.10 Å². The van der Waals surface area contributed by atoms with Crippen molar-refractivity contribution in [2.45, 2.75) is 26.0 Å². The van der Waals surface area contributed by atoms with Crippen molar-refractivity contribution in [3.05, 3.63) is 95.3 Å². The molecule has 2 amide bonds. The van der Waals surface area contributed by atoms with E-state index in [9.17, 15) is 14.0 Å². The summed E-state index contributed by atoms with van der Waals surface area (Å²) < 4.78 is 29.2. The smallest absolute Gasteiger partial charge is 0.407 e. The predicted octanol–water partition coefficient (Wildman–Crippen LogP) is 4.22. The average molecular weight is 494 g/mol. The van der Waals surface area contributed by atoms with E-state index in [0.717, 1.165) is 11.1 Å². The molecular formula is C27H28FN3O5. The average Bonchev–Trinajstić information content (AvgIpc) is 2.89. The van der Waals surface area contributed by atoms with Gasteiger partial charge in [0, 0.05) is 6.42 Å². The van der Waals surface area contributed by atoms with E-state index in [0.29, 0.717) is 17.1 Å². The zero-order chi connectivity index (χ0) is 25.8. The lowest BCUT2D eigenvalue weighted by Crippen LogP contribution is -2.47. The van der Waals surface area contributed by atoms with E-state index < -0.39 is 18.0 Å². The molecule has 3 aromatic carbocycles. The van der Waals surface area contributed by atoms with Crippen molar-refractivity contribution in [1.29, 1.82) is 0 Å². The highest BCUT2D eigenvalue weighted by Gasteiger charge is 2.21. The summed E-state index contributed by atoms with van der Waals surface area (Å²) in [6, 6.07) is 19.6. The minimum absolute atomic E-state index is 0.190. The summed E-state index contributed by atoms with van der Waals surface area (Å²) in [6.07, 6.45) is 1.04. The first-order valence-corrected chi connectivity index (χ1v) is 11.3. The molecule has 0 saturated carbocycles. The van der Waals surface area contributed by atoms with Gasteiger partial charge in [0.05, 0.1) is 19.9 Å². The standard InChI is InChI=1S/C27H28FN3O5/c1-3-35-27(33)30-23(15-19-7-5-4-6-8-19)26(32)31-29-17-21-11-14-24(25(16-21)34-2)36-18-20-9-12-22(28)13-10-20/h4-14,16-17,23H,3,15,18H2,1-2H3,(H,30,33)(H,31,32)/b29-17-/t23-/m1/s1. The van der Waals surface area contributed by atoms with Gasteiger partial charge < -0.3 is 19.5 Å². The van der Waals surface area contributed by atoms with Crippen molar-refractivity contribution >= 4 is 18.2 Å². The van der Waals surface area contributed by atoms with Crippen molar-refractivity contribution in [2.75, 3.05) is 13.7 Å². The molecule has 36 heavy (non-hydrogen) atoms. The molecule has 2 N–H and O–H groups in total. The van der Waals surface area contributed by atoms with Crippen LogP contribution in [0.1, 0.15) is 23.6 Å². The lowest BCUT2D eigenvalue weighted by Gasteiger charge is -2.16. The normalized spacial score (nSPS) is 11.5. The maximum atomic E-state index is 13.1. The maximum Gasteiger partial charge on any atom is 0.407 e. The van der Waals surface area contributed by atoms with Crippen LogP contribution in [-0.4, -0.2) is 38.0 Å². The Balaban J connectivity index is 1.62.